The molecule has 1 atom stereocenters. The van der Waals surface area contributed by atoms with E-state index in [1.54, 1.807) is 0 Å². The molecule has 0 aliphatic heterocycles. The van der Waals surface area contributed by atoms with Gasteiger partial charge in [0, 0.05) is 24.1 Å². The lowest BCUT2D eigenvalue weighted by Gasteiger charge is -2.33. The van der Waals surface area contributed by atoms with E-state index in [-0.39, 0.29) is 11.0 Å². The van der Waals surface area contributed by atoms with Crippen LogP contribution >= 0.6 is 0 Å². The van der Waals surface area contributed by atoms with Crippen LogP contribution < -0.4 is 5.32 Å². The fraction of sp³-hybridized carbons (Fsp3) is 1.00. The second kappa shape index (κ2) is 6.19. The van der Waals surface area contributed by atoms with E-state index in [0.29, 0.717) is 5.75 Å². The van der Waals surface area contributed by atoms with Gasteiger partial charge in [-0.05, 0) is 45.4 Å². The van der Waals surface area contributed by atoms with Gasteiger partial charge in [-0.1, -0.05) is 13.8 Å². The standard InChI is InChI=1S/C13H29NO2S/c1-7-13(5,11-14-12(2,3)4)9-8-10-17(6,15)16/h14H,7-11H2,1-6H3. The van der Waals surface area contributed by atoms with Crippen molar-refractivity contribution in [1.82, 2.24) is 5.32 Å². The van der Waals surface area contributed by atoms with Gasteiger partial charge in [0.25, 0.3) is 0 Å². The average molecular weight is 263 g/mol. The monoisotopic (exact) mass is 263 g/mol. The van der Waals surface area contributed by atoms with E-state index in [1.807, 2.05) is 0 Å². The van der Waals surface area contributed by atoms with E-state index < -0.39 is 9.84 Å². The average Bonchev–Trinajstić information content (AvgIpc) is 2.12. The van der Waals surface area contributed by atoms with Crippen molar-refractivity contribution in [3.05, 3.63) is 0 Å². The number of hydrogen-bond donors (Lipinski definition) is 1. The van der Waals surface area contributed by atoms with Crippen LogP contribution in [-0.2, 0) is 9.84 Å². The predicted molar refractivity (Wildman–Crippen MR) is 75.1 cm³/mol. The van der Waals surface area contributed by atoms with Gasteiger partial charge in [0.15, 0.2) is 0 Å². The van der Waals surface area contributed by atoms with Crippen LogP contribution in [0.2, 0.25) is 0 Å². The van der Waals surface area contributed by atoms with Crippen LogP contribution in [0.1, 0.15) is 53.9 Å². The maximum Gasteiger partial charge on any atom is 0.147 e. The summed E-state index contributed by atoms with van der Waals surface area (Å²) in [7, 11) is -2.82. The van der Waals surface area contributed by atoms with E-state index in [0.717, 1.165) is 25.8 Å². The van der Waals surface area contributed by atoms with Gasteiger partial charge in [-0.15, -0.1) is 0 Å². The molecule has 0 spiro atoms. The minimum atomic E-state index is -2.82. The molecule has 0 heterocycles. The largest absolute Gasteiger partial charge is 0.312 e. The third kappa shape index (κ3) is 9.60. The zero-order valence-electron chi connectivity index (χ0n) is 12.3. The first-order chi connectivity index (χ1) is 7.47. The molecule has 0 aliphatic rings. The molecule has 0 aromatic rings. The Balaban J connectivity index is 4.19. The van der Waals surface area contributed by atoms with Crippen molar-refractivity contribution in [2.45, 2.75) is 59.4 Å². The lowest BCUT2D eigenvalue weighted by molar-refractivity contribution is 0.237. The van der Waals surface area contributed by atoms with Crippen LogP contribution in [0.3, 0.4) is 0 Å². The van der Waals surface area contributed by atoms with Gasteiger partial charge in [0.2, 0.25) is 0 Å². The lowest BCUT2D eigenvalue weighted by Crippen LogP contribution is -2.42. The molecule has 0 rings (SSSR count). The third-order valence-corrected chi connectivity index (χ3v) is 4.22. The maximum absolute atomic E-state index is 11.1. The molecule has 0 amide bonds. The Kier molecular flexibility index (Phi) is 6.15. The molecule has 104 valence electrons. The summed E-state index contributed by atoms with van der Waals surface area (Å²) >= 11 is 0. The summed E-state index contributed by atoms with van der Waals surface area (Å²) < 4.78 is 22.2. The number of hydrogen-bond acceptors (Lipinski definition) is 3. The Labute approximate surface area is 107 Å². The van der Waals surface area contributed by atoms with Gasteiger partial charge < -0.3 is 5.32 Å². The van der Waals surface area contributed by atoms with Crippen molar-refractivity contribution in [3.63, 3.8) is 0 Å². The normalized spacial score (nSPS) is 16.8. The maximum atomic E-state index is 11.1. The fourth-order valence-corrected chi connectivity index (χ4v) is 2.30. The third-order valence-electron chi connectivity index (χ3n) is 3.19. The topological polar surface area (TPSA) is 46.2 Å². The molecule has 17 heavy (non-hydrogen) atoms. The summed E-state index contributed by atoms with van der Waals surface area (Å²) in [5.41, 5.74) is 0.311. The molecule has 4 heteroatoms. The summed E-state index contributed by atoms with van der Waals surface area (Å²) in [5.74, 6) is 0.304. The highest BCUT2D eigenvalue weighted by Crippen LogP contribution is 2.27. The van der Waals surface area contributed by atoms with Crippen LogP contribution in [0.4, 0.5) is 0 Å². The SMILES string of the molecule is CCC(C)(CCCS(C)(=O)=O)CNC(C)(C)C. The first kappa shape index (κ1) is 16.9. The molecule has 1 N–H and O–H groups in total. The van der Waals surface area contributed by atoms with E-state index in [2.05, 4.69) is 39.9 Å². The molecule has 1 unspecified atom stereocenters. The van der Waals surface area contributed by atoms with Crippen molar-refractivity contribution in [2.24, 2.45) is 5.41 Å². The second-order valence-corrected chi connectivity index (χ2v) is 8.76. The minimum absolute atomic E-state index is 0.118. The van der Waals surface area contributed by atoms with Gasteiger partial charge in [-0.2, -0.15) is 0 Å². The van der Waals surface area contributed by atoms with Crippen LogP contribution in [0.5, 0.6) is 0 Å². The molecule has 0 aromatic carbocycles. The molecule has 0 aliphatic carbocycles. The summed E-state index contributed by atoms with van der Waals surface area (Å²) in [6.45, 7) is 11.8. The molecule has 0 saturated heterocycles. The second-order valence-electron chi connectivity index (χ2n) is 6.50. The summed E-state index contributed by atoms with van der Waals surface area (Å²) in [6, 6.07) is 0. The Hall–Kier alpha value is -0.0900. The highest BCUT2D eigenvalue weighted by atomic mass is 32.2. The smallest absolute Gasteiger partial charge is 0.147 e. The predicted octanol–water partition coefficient (Wildman–Crippen LogP) is 2.62. The molecule has 0 aromatic heterocycles. The van der Waals surface area contributed by atoms with E-state index in [1.165, 1.54) is 6.26 Å². The molecule has 3 nitrogen and oxygen atoms in total. The van der Waals surface area contributed by atoms with Crippen molar-refractivity contribution < 1.29 is 8.42 Å². The molecule has 0 bridgehead atoms. The fourth-order valence-electron chi connectivity index (χ4n) is 1.63. The highest BCUT2D eigenvalue weighted by molar-refractivity contribution is 7.90. The first-order valence-corrected chi connectivity index (χ1v) is 8.46. The Morgan fingerprint density at radius 2 is 1.65 bits per heavy atom. The molecule has 0 fully saturated rings. The lowest BCUT2D eigenvalue weighted by atomic mass is 9.82. The Morgan fingerprint density at radius 3 is 2.00 bits per heavy atom. The highest BCUT2D eigenvalue weighted by Gasteiger charge is 2.24. The van der Waals surface area contributed by atoms with Gasteiger partial charge in [-0.3, -0.25) is 0 Å². The molecule has 0 saturated carbocycles. The summed E-state index contributed by atoms with van der Waals surface area (Å²) in [6.07, 6.45) is 4.10. The zero-order valence-corrected chi connectivity index (χ0v) is 13.1. The minimum Gasteiger partial charge on any atom is -0.312 e. The quantitative estimate of drug-likeness (QED) is 0.768. The zero-order chi connectivity index (χ0) is 13.7. The van der Waals surface area contributed by atoms with Gasteiger partial charge in [0.05, 0.1) is 0 Å². The van der Waals surface area contributed by atoms with Crippen molar-refractivity contribution >= 4 is 9.84 Å². The van der Waals surface area contributed by atoms with Gasteiger partial charge in [0.1, 0.15) is 9.84 Å². The van der Waals surface area contributed by atoms with Crippen LogP contribution in [0.15, 0.2) is 0 Å². The van der Waals surface area contributed by atoms with Crippen LogP contribution in [0.25, 0.3) is 0 Å². The van der Waals surface area contributed by atoms with Crippen LogP contribution in [0, 0.1) is 5.41 Å². The van der Waals surface area contributed by atoms with E-state index in [4.69, 9.17) is 0 Å². The van der Waals surface area contributed by atoms with E-state index >= 15 is 0 Å². The Morgan fingerprint density at radius 1 is 1.12 bits per heavy atom. The van der Waals surface area contributed by atoms with Crippen molar-refractivity contribution in [3.8, 4) is 0 Å². The van der Waals surface area contributed by atoms with Crippen molar-refractivity contribution in [2.75, 3.05) is 18.6 Å². The van der Waals surface area contributed by atoms with Crippen LogP contribution in [-0.4, -0.2) is 32.5 Å². The number of rotatable bonds is 7. The molecular formula is C13H29NO2S. The number of sulfone groups is 1. The Bertz CT molecular complexity index is 317. The van der Waals surface area contributed by atoms with Gasteiger partial charge >= 0.3 is 0 Å². The number of nitrogens with one attached hydrogen (secondary N) is 1. The first-order valence-electron chi connectivity index (χ1n) is 6.40. The summed E-state index contributed by atoms with van der Waals surface area (Å²) in [5, 5.41) is 3.51. The molecule has 0 radical (unpaired) electrons. The van der Waals surface area contributed by atoms with Gasteiger partial charge in [-0.25, -0.2) is 8.42 Å². The molecular weight excluding hydrogens is 234 g/mol. The van der Waals surface area contributed by atoms with Crippen molar-refractivity contribution in [1.29, 1.82) is 0 Å². The van der Waals surface area contributed by atoms with E-state index in [9.17, 15) is 8.42 Å². The summed E-state index contributed by atoms with van der Waals surface area (Å²) in [4.78, 5) is 0.